The first-order chi connectivity index (χ1) is 9.70. The van der Waals surface area contributed by atoms with Gasteiger partial charge in [-0.15, -0.1) is 11.3 Å². The van der Waals surface area contributed by atoms with E-state index in [0.717, 1.165) is 23.7 Å². The zero-order chi connectivity index (χ0) is 14.4. The standard InChI is InChI=1S/C16H21NO2S/c1-12(17)16(15-4-3-11-20-15)19-14-7-5-13(6-8-14)9-10-18-2/h3-8,11-12,16H,9-10,17H2,1-2H3. The molecule has 0 spiro atoms. The lowest BCUT2D eigenvalue weighted by molar-refractivity contribution is 0.184. The van der Waals surface area contributed by atoms with Crippen LogP contribution in [-0.2, 0) is 11.2 Å². The van der Waals surface area contributed by atoms with Crippen molar-refractivity contribution in [3.63, 3.8) is 0 Å². The van der Waals surface area contributed by atoms with E-state index >= 15 is 0 Å². The number of thiophene rings is 1. The number of hydrogen-bond donors (Lipinski definition) is 1. The summed E-state index contributed by atoms with van der Waals surface area (Å²) in [4.78, 5) is 1.16. The second kappa shape index (κ2) is 7.43. The highest BCUT2D eigenvalue weighted by molar-refractivity contribution is 7.10. The predicted octanol–water partition coefficient (Wildman–Crippen LogP) is 3.40. The Bertz CT molecular complexity index is 494. The maximum absolute atomic E-state index is 6.04. The van der Waals surface area contributed by atoms with Crippen LogP contribution in [0.2, 0.25) is 0 Å². The Balaban J connectivity index is 2.04. The Kier molecular flexibility index (Phi) is 5.59. The van der Waals surface area contributed by atoms with E-state index in [4.69, 9.17) is 15.2 Å². The van der Waals surface area contributed by atoms with Gasteiger partial charge in [0.1, 0.15) is 11.9 Å². The first-order valence-corrected chi connectivity index (χ1v) is 7.62. The molecular formula is C16H21NO2S. The molecule has 20 heavy (non-hydrogen) atoms. The van der Waals surface area contributed by atoms with Crippen molar-refractivity contribution in [3.05, 3.63) is 52.2 Å². The summed E-state index contributed by atoms with van der Waals surface area (Å²) in [6.45, 7) is 2.70. The molecule has 2 unspecified atom stereocenters. The molecule has 0 amide bonds. The number of hydrogen-bond acceptors (Lipinski definition) is 4. The molecule has 0 bridgehead atoms. The summed E-state index contributed by atoms with van der Waals surface area (Å²) in [6.07, 6.45) is 0.818. The lowest BCUT2D eigenvalue weighted by Gasteiger charge is -2.21. The summed E-state index contributed by atoms with van der Waals surface area (Å²) in [7, 11) is 1.71. The van der Waals surface area contributed by atoms with Crippen LogP contribution in [0.4, 0.5) is 0 Å². The summed E-state index contributed by atoms with van der Waals surface area (Å²) < 4.78 is 11.1. The summed E-state index contributed by atoms with van der Waals surface area (Å²) in [5, 5.41) is 2.04. The minimum atomic E-state index is -0.0974. The highest BCUT2D eigenvalue weighted by Gasteiger charge is 2.19. The molecule has 0 radical (unpaired) electrons. The lowest BCUT2D eigenvalue weighted by Crippen LogP contribution is -2.28. The van der Waals surface area contributed by atoms with Gasteiger partial charge in [0.25, 0.3) is 0 Å². The van der Waals surface area contributed by atoms with Crippen molar-refractivity contribution < 1.29 is 9.47 Å². The normalized spacial score (nSPS) is 13.9. The molecule has 1 aromatic heterocycles. The molecule has 2 rings (SSSR count). The lowest BCUT2D eigenvalue weighted by atomic mass is 10.1. The number of ether oxygens (including phenoxy) is 2. The second-order valence-electron chi connectivity index (χ2n) is 4.80. The van der Waals surface area contributed by atoms with E-state index in [1.807, 2.05) is 30.5 Å². The van der Waals surface area contributed by atoms with Crippen molar-refractivity contribution in [2.24, 2.45) is 5.73 Å². The fourth-order valence-electron chi connectivity index (χ4n) is 1.98. The van der Waals surface area contributed by atoms with Crippen LogP contribution in [-0.4, -0.2) is 19.8 Å². The van der Waals surface area contributed by atoms with E-state index in [1.54, 1.807) is 18.4 Å². The van der Waals surface area contributed by atoms with Crippen LogP contribution in [0.5, 0.6) is 5.75 Å². The van der Waals surface area contributed by atoms with E-state index in [1.165, 1.54) is 5.56 Å². The molecule has 1 heterocycles. The predicted molar refractivity (Wildman–Crippen MR) is 83.4 cm³/mol. The number of rotatable bonds is 7. The van der Waals surface area contributed by atoms with Crippen LogP contribution in [0.15, 0.2) is 41.8 Å². The summed E-state index contributed by atoms with van der Waals surface area (Å²) >= 11 is 1.67. The Labute approximate surface area is 124 Å². The topological polar surface area (TPSA) is 44.5 Å². The molecular weight excluding hydrogens is 270 g/mol. The van der Waals surface area contributed by atoms with Crippen LogP contribution in [0.3, 0.4) is 0 Å². The van der Waals surface area contributed by atoms with Crippen molar-refractivity contribution in [1.82, 2.24) is 0 Å². The Morgan fingerprint density at radius 1 is 1.20 bits per heavy atom. The maximum Gasteiger partial charge on any atom is 0.148 e. The van der Waals surface area contributed by atoms with Crippen molar-refractivity contribution >= 4 is 11.3 Å². The SMILES string of the molecule is COCCc1ccc(OC(c2cccs2)C(C)N)cc1. The fourth-order valence-corrected chi connectivity index (χ4v) is 2.85. The molecule has 2 N–H and O–H groups in total. The average Bonchev–Trinajstić information content (AvgIpc) is 2.97. The highest BCUT2D eigenvalue weighted by atomic mass is 32.1. The third-order valence-electron chi connectivity index (χ3n) is 3.08. The minimum absolute atomic E-state index is 0.0539. The molecule has 0 aliphatic rings. The van der Waals surface area contributed by atoms with Gasteiger partial charge in [0.15, 0.2) is 0 Å². The summed E-state index contributed by atoms with van der Waals surface area (Å²) in [5.74, 6) is 0.849. The van der Waals surface area contributed by atoms with Crippen molar-refractivity contribution in [2.45, 2.75) is 25.5 Å². The number of benzene rings is 1. The van der Waals surface area contributed by atoms with Crippen molar-refractivity contribution in [3.8, 4) is 5.75 Å². The van der Waals surface area contributed by atoms with E-state index in [9.17, 15) is 0 Å². The Morgan fingerprint density at radius 3 is 2.50 bits per heavy atom. The highest BCUT2D eigenvalue weighted by Crippen LogP contribution is 2.27. The molecule has 0 saturated heterocycles. The molecule has 0 aliphatic heterocycles. The first-order valence-electron chi connectivity index (χ1n) is 6.74. The molecule has 0 saturated carbocycles. The maximum atomic E-state index is 6.04. The van der Waals surface area contributed by atoms with Gasteiger partial charge in [0, 0.05) is 18.0 Å². The van der Waals surface area contributed by atoms with Crippen LogP contribution >= 0.6 is 11.3 Å². The summed E-state index contributed by atoms with van der Waals surface area (Å²) in [6, 6.07) is 12.2. The molecule has 2 aromatic rings. The van der Waals surface area contributed by atoms with Gasteiger partial charge in [-0.3, -0.25) is 0 Å². The smallest absolute Gasteiger partial charge is 0.148 e. The van der Waals surface area contributed by atoms with Gasteiger partial charge in [-0.25, -0.2) is 0 Å². The van der Waals surface area contributed by atoms with Gasteiger partial charge in [-0.2, -0.15) is 0 Å². The monoisotopic (exact) mass is 291 g/mol. The zero-order valence-electron chi connectivity index (χ0n) is 11.9. The van der Waals surface area contributed by atoms with Gasteiger partial charge < -0.3 is 15.2 Å². The first kappa shape index (κ1) is 15.0. The third kappa shape index (κ3) is 4.07. The fraction of sp³-hybridized carbons (Fsp3) is 0.375. The molecule has 1 aromatic carbocycles. The van der Waals surface area contributed by atoms with Crippen LogP contribution in [0.25, 0.3) is 0 Å². The quantitative estimate of drug-likeness (QED) is 0.850. The molecule has 3 nitrogen and oxygen atoms in total. The number of nitrogens with two attached hydrogens (primary N) is 1. The molecule has 0 aliphatic carbocycles. The van der Waals surface area contributed by atoms with Gasteiger partial charge in [0.2, 0.25) is 0 Å². The molecule has 108 valence electrons. The van der Waals surface area contributed by atoms with Gasteiger partial charge >= 0.3 is 0 Å². The van der Waals surface area contributed by atoms with Crippen molar-refractivity contribution in [1.29, 1.82) is 0 Å². The molecule has 0 fully saturated rings. The Morgan fingerprint density at radius 2 is 1.95 bits per heavy atom. The average molecular weight is 291 g/mol. The van der Waals surface area contributed by atoms with Crippen LogP contribution in [0, 0.1) is 0 Å². The second-order valence-corrected chi connectivity index (χ2v) is 5.78. The van der Waals surface area contributed by atoms with E-state index in [2.05, 4.69) is 18.2 Å². The summed E-state index contributed by atoms with van der Waals surface area (Å²) in [5.41, 5.74) is 7.28. The Hall–Kier alpha value is -1.36. The zero-order valence-corrected chi connectivity index (χ0v) is 12.7. The van der Waals surface area contributed by atoms with Crippen LogP contribution < -0.4 is 10.5 Å². The van der Waals surface area contributed by atoms with Crippen molar-refractivity contribution in [2.75, 3.05) is 13.7 Å². The van der Waals surface area contributed by atoms with E-state index in [0.29, 0.717) is 0 Å². The third-order valence-corrected chi connectivity index (χ3v) is 4.02. The number of methoxy groups -OCH3 is 1. The van der Waals surface area contributed by atoms with E-state index in [-0.39, 0.29) is 12.1 Å². The molecule has 2 atom stereocenters. The van der Waals surface area contributed by atoms with Crippen LogP contribution in [0.1, 0.15) is 23.5 Å². The minimum Gasteiger partial charge on any atom is -0.483 e. The van der Waals surface area contributed by atoms with Gasteiger partial charge in [-0.05, 0) is 42.5 Å². The van der Waals surface area contributed by atoms with E-state index < -0.39 is 0 Å². The molecule has 4 heteroatoms. The van der Waals surface area contributed by atoms with Gasteiger partial charge in [0.05, 0.1) is 6.61 Å². The van der Waals surface area contributed by atoms with Gasteiger partial charge in [-0.1, -0.05) is 18.2 Å². The largest absolute Gasteiger partial charge is 0.483 e.